The fraction of sp³-hybridized carbons (Fsp3) is 0.765. The first kappa shape index (κ1) is 22.1. The molecule has 0 saturated carbocycles. The van der Waals surface area contributed by atoms with Gasteiger partial charge < -0.3 is 15.2 Å². The molecule has 10 heteroatoms. The van der Waals surface area contributed by atoms with Gasteiger partial charge in [-0.3, -0.25) is 4.79 Å². The maximum absolute atomic E-state index is 13.0. The molecule has 154 valence electrons. The number of likely N-dealkylation sites (tertiary alicyclic amines) is 1. The average molecular weight is 421 g/mol. The smallest absolute Gasteiger partial charge is 0.248 e. The molecule has 0 radical (unpaired) electrons. The second kappa shape index (κ2) is 8.06. The lowest BCUT2D eigenvalue weighted by atomic mass is 9.90. The van der Waals surface area contributed by atoms with Crippen LogP contribution < -0.4 is 5.73 Å². The molecule has 1 aromatic rings. The van der Waals surface area contributed by atoms with E-state index in [1.807, 2.05) is 4.90 Å². The van der Waals surface area contributed by atoms with Gasteiger partial charge in [0.05, 0.1) is 5.92 Å². The number of carbonyl (C=O) groups excluding carboxylic acids is 1. The first-order chi connectivity index (χ1) is 12.2. The number of piperidine rings is 1. The highest BCUT2D eigenvalue weighted by Gasteiger charge is 2.41. The third-order valence-electron chi connectivity index (χ3n) is 5.66. The molecular formula is C17H29ClN4O4S. The molecule has 3 rings (SSSR count). The van der Waals surface area contributed by atoms with Gasteiger partial charge in [-0.15, -0.1) is 12.4 Å². The quantitative estimate of drug-likeness (QED) is 0.786. The molecule has 2 fully saturated rings. The Morgan fingerprint density at radius 2 is 2.07 bits per heavy atom. The predicted molar refractivity (Wildman–Crippen MR) is 103 cm³/mol. The first-order valence-electron chi connectivity index (χ1n) is 9.10. The summed E-state index contributed by atoms with van der Waals surface area (Å²) < 4.78 is 32.5. The topological polar surface area (TPSA) is 110 Å². The number of nitrogens with zero attached hydrogens (tertiary/aromatic N) is 3. The van der Waals surface area contributed by atoms with Crippen molar-refractivity contribution < 1.29 is 17.7 Å². The van der Waals surface area contributed by atoms with Crippen molar-refractivity contribution >= 4 is 28.3 Å². The monoisotopic (exact) mass is 420 g/mol. The summed E-state index contributed by atoms with van der Waals surface area (Å²) >= 11 is 0. The number of aryl methyl sites for hydroxylation is 2. The normalized spacial score (nSPS) is 26.8. The maximum atomic E-state index is 13.0. The van der Waals surface area contributed by atoms with E-state index in [1.54, 1.807) is 13.8 Å². The Labute approximate surface area is 166 Å². The van der Waals surface area contributed by atoms with Crippen LogP contribution in [0.2, 0.25) is 0 Å². The van der Waals surface area contributed by atoms with Crippen LogP contribution in [0.15, 0.2) is 9.42 Å². The molecule has 0 spiro atoms. The molecule has 2 aliphatic heterocycles. The molecule has 2 saturated heterocycles. The standard InChI is InChI=1S/C17H28N4O4S.ClH/c1-12-15(13(2)25-19-12)26(23,24)21-7-4-5-14(9-21)16(22)20-8-6-17(3,10-18)11-20;/h14H,4-11,18H2,1-3H3;1H. The first-order valence-corrected chi connectivity index (χ1v) is 10.5. The summed E-state index contributed by atoms with van der Waals surface area (Å²) in [6.45, 7) is 7.82. The number of hydrogen-bond acceptors (Lipinski definition) is 6. The van der Waals surface area contributed by atoms with Crippen molar-refractivity contribution in [1.29, 1.82) is 0 Å². The van der Waals surface area contributed by atoms with Gasteiger partial charge in [0, 0.05) is 26.2 Å². The van der Waals surface area contributed by atoms with Crippen LogP contribution in [0.25, 0.3) is 0 Å². The average Bonchev–Trinajstić information content (AvgIpc) is 3.18. The van der Waals surface area contributed by atoms with Gasteiger partial charge in [0.2, 0.25) is 15.9 Å². The molecule has 1 aromatic heterocycles. The largest absolute Gasteiger partial charge is 0.360 e. The van der Waals surface area contributed by atoms with Crippen LogP contribution in [-0.4, -0.2) is 61.4 Å². The van der Waals surface area contributed by atoms with Crippen LogP contribution in [0.3, 0.4) is 0 Å². The molecule has 8 nitrogen and oxygen atoms in total. The Morgan fingerprint density at radius 1 is 1.37 bits per heavy atom. The summed E-state index contributed by atoms with van der Waals surface area (Å²) in [6, 6.07) is 0. The third-order valence-corrected chi connectivity index (χ3v) is 7.77. The lowest BCUT2D eigenvalue weighted by Crippen LogP contribution is -2.47. The van der Waals surface area contributed by atoms with Gasteiger partial charge in [-0.05, 0) is 45.1 Å². The molecule has 0 bridgehead atoms. The van der Waals surface area contributed by atoms with Crippen molar-refractivity contribution in [2.75, 3.05) is 32.7 Å². The van der Waals surface area contributed by atoms with E-state index in [1.165, 1.54) is 4.31 Å². The zero-order chi connectivity index (χ0) is 19.1. The Kier molecular flexibility index (Phi) is 6.61. The van der Waals surface area contributed by atoms with E-state index in [4.69, 9.17) is 10.3 Å². The number of hydrogen-bond donors (Lipinski definition) is 1. The number of carbonyl (C=O) groups is 1. The molecular weight excluding hydrogens is 392 g/mol. The van der Waals surface area contributed by atoms with Gasteiger partial charge in [0.25, 0.3) is 0 Å². The Balaban J connectivity index is 0.00000261. The highest BCUT2D eigenvalue weighted by atomic mass is 35.5. The van der Waals surface area contributed by atoms with Crippen molar-refractivity contribution in [3.05, 3.63) is 11.5 Å². The van der Waals surface area contributed by atoms with E-state index in [0.717, 1.165) is 6.42 Å². The Hall–Kier alpha value is -1.16. The van der Waals surface area contributed by atoms with Gasteiger partial charge in [-0.1, -0.05) is 12.1 Å². The zero-order valence-corrected chi connectivity index (χ0v) is 17.7. The third kappa shape index (κ3) is 4.16. The van der Waals surface area contributed by atoms with Crippen molar-refractivity contribution in [2.45, 2.75) is 44.9 Å². The minimum atomic E-state index is -3.71. The van der Waals surface area contributed by atoms with E-state index in [2.05, 4.69) is 12.1 Å². The molecule has 2 unspecified atom stereocenters. The lowest BCUT2D eigenvalue weighted by Gasteiger charge is -2.33. The van der Waals surface area contributed by atoms with Crippen LogP contribution in [0.1, 0.15) is 37.6 Å². The number of halogens is 1. The summed E-state index contributed by atoms with van der Waals surface area (Å²) in [5.41, 5.74) is 6.15. The fourth-order valence-electron chi connectivity index (χ4n) is 3.97. The van der Waals surface area contributed by atoms with Gasteiger partial charge in [0.1, 0.15) is 10.6 Å². The Morgan fingerprint density at radius 3 is 2.63 bits per heavy atom. The zero-order valence-electron chi connectivity index (χ0n) is 16.1. The second-order valence-electron chi connectivity index (χ2n) is 7.88. The van der Waals surface area contributed by atoms with Gasteiger partial charge in [0.15, 0.2) is 5.76 Å². The molecule has 2 N–H and O–H groups in total. The van der Waals surface area contributed by atoms with E-state index < -0.39 is 10.0 Å². The minimum absolute atomic E-state index is 0. The van der Waals surface area contributed by atoms with Crippen molar-refractivity contribution in [1.82, 2.24) is 14.4 Å². The molecule has 2 aliphatic rings. The highest BCUT2D eigenvalue weighted by Crippen LogP contribution is 2.32. The van der Waals surface area contributed by atoms with Crippen LogP contribution in [0.4, 0.5) is 0 Å². The summed E-state index contributed by atoms with van der Waals surface area (Å²) in [6.07, 6.45) is 2.27. The maximum Gasteiger partial charge on any atom is 0.248 e. The van der Waals surface area contributed by atoms with E-state index >= 15 is 0 Å². The van der Waals surface area contributed by atoms with E-state index in [-0.39, 0.29) is 46.8 Å². The molecule has 0 aromatic carbocycles. The summed E-state index contributed by atoms with van der Waals surface area (Å²) in [5.74, 6) is 0.0224. The van der Waals surface area contributed by atoms with Crippen LogP contribution in [-0.2, 0) is 14.8 Å². The predicted octanol–water partition coefficient (Wildman–Crippen LogP) is 1.31. The summed E-state index contributed by atoms with van der Waals surface area (Å²) in [7, 11) is -3.71. The number of amides is 1. The number of rotatable bonds is 4. The van der Waals surface area contributed by atoms with E-state index in [0.29, 0.717) is 44.7 Å². The van der Waals surface area contributed by atoms with Gasteiger partial charge >= 0.3 is 0 Å². The molecule has 2 atom stereocenters. The van der Waals surface area contributed by atoms with Crippen molar-refractivity contribution in [2.24, 2.45) is 17.1 Å². The van der Waals surface area contributed by atoms with Crippen LogP contribution >= 0.6 is 12.4 Å². The number of sulfonamides is 1. The van der Waals surface area contributed by atoms with Gasteiger partial charge in [-0.25, -0.2) is 8.42 Å². The highest BCUT2D eigenvalue weighted by molar-refractivity contribution is 7.89. The second-order valence-corrected chi connectivity index (χ2v) is 9.75. The summed E-state index contributed by atoms with van der Waals surface area (Å²) in [4.78, 5) is 14.9. The number of nitrogens with two attached hydrogens (primary N) is 1. The number of aromatic nitrogens is 1. The fourth-order valence-corrected chi connectivity index (χ4v) is 5.79. The molecule has 0 aliphatic carbocycles. The minimum Gasteiger partial charge on any atom is -0.360 e. The summed E-state index contributed by atoms with van der Waals surface area (Å²) in [5, 5.41) is 3.75. The van der Waals surface area contributed by atoms with Crippen molar-refractivity contribution in [3.63, 3.8) is 0 Å². The lowest BCUT2D eigenvalue weighted by molar-refractivity contribution is -0.136. The Bertz CT molecular complexity index is 777. The molecule has 27 heavy (non-hydrogen) atoms. The SMILES string of the molecule is Cc1noc(C)c1S(=O)(=O)N1CCCC(C(=O)N2CCC(C)(CN)C2)C1.Cl. The van der Waals surface area contributed by atoms with Crippen LogP contribution in [0.5, 0.6) is 0 Å². The molecule has 3 heterocycles. The van der Waals surface area contributed by atoms with Crippen molar-refractivity contribution in [3.8, 4) is 0 Å². The van der Waals surface area contributed by atoms with E-state index in [9.17, 15) is 13.2 Å². The van der Waals surface area contributed by atoms with Crippen LogP contribution in [0, 0.1) is 25.2 Å². The van der Waals surface area contributed by atoms with Gasteiger partial charge in [-0.2, -0.15) is 4.31 Å². The molecule has 1 amide bonds.